The van der Waals surface area contributed by atoms with Crippen LogP contribution < -0.4 is 0 Å². The number of esters is 1. The van der Waals surface area contributed by atoms with Crippen LogP contribution in [0.4, 0.5) is 4.79 Å². The van der Waals surface area contributed by atoms with Crippen molar-refractivity contribution in [2.45, 2.75) is 6.92 Å². The summed E-state index contributed by atoms with van der Waals surface area (Å²) in [4.78, 5) is 19.3. The average molecular weight is 164 g/mol. The number of carbonyl (C=O) groups is 2. The predicted molar refractivity (Wildman–Crippen MR) is 37.1 cm³/mol. The molecule has 0 aromatic rings. The SMILES string of the molecule is COC(=O)OC.COC(C)=O. The molecule has 5 heteroatoms. The summed E-state index contributed by atoms with van der Waals surface area (Å²) in [5.74, 6) is -0.245. The summed E-state index contributed by atoms with van der Waals surface area (Å²) in [7, 11) is 3.86. The zero-order valence-corrected chi connectivity index (χ0v) is 7.04. The Morgan fingerprint density at radius 3 is 1.18 bits per heavy atom. The monoisotopic (exact) mass is 164 g/mol. The van der Waals surface area contributed by atoms with E-state index in [9.17, 15) is 9.59 Å². The van der Waals surface area contributed by atoms with Crippen molar-refractivity contribution >= 4 is 12.1 Å². The van der Waals surface area contributed by atoms with Crippen LogP contribution in [0.1, 0.15) is 6.92 Å². The second kappa shape index (κ2) is 8.74. The molecule has 0 aromatic heterocycles. The van der Waals surface area contributed by atoms with Crippen LogP contribution in [0.25, 0.3) is 0 Å². The van der Waals surface area contributed by atoms with Gasteiger partial charge in [0.25, 0.3) is 0 Å². The largest absolute Gasteiger partial charge is 0.507 e. The summed E-state index contributed by atoms with van der Waals surface area (Å²) >= 11 is 0. The van der Waals surface area contributed by atoms with Gasteiger partial charge in [0.1, 0.15) is 0 Å². The molecule has 0 atom stereocenters. The number of ether oxygens (including phenoxy) is 3. The summed E-state index contributed by atoms with van der Waals surface area (Å²) in [6.45, 7) is 1.36. The fourth-order valence-corrected chi connectivity index (χ4v) is 0.0833. The van der Waals surface area contributed by atoms with Gasteiger partial charge in [-0.3, -0.25) is 4.79 Å². The van der Waals surface area contributed by atoms with Crippen LogP contribution in [0.3, 0.4) is 0 Å². The van der Waals surface area contributed by atoms with Crippen LogP contribution in [0.5, 0.6) is 0 Å². The average Bonchev–Trinajstić information content (AvgIpc) is 2.04. The second-order valence-electron chi connectivity index (χ2n) is 1.35. The number of methoxy groups -OCH3 is 3. The van der Waals surface area contributed by atoms with Crippen LogP contribution in [-0.2, 0) is 19.0 Å². The third-order valence-corrected chi connectivity index (χ3v) is 0.621. The molecule has 0 heterocycles. The minimum atomic E-state index is -0.657. The van der Waals surface area contributed by atoms with Gasteiger partial charge in [0, 0.05) is 6.92 Å². The van der Waals surface area contributed by atoms with Gasteiger partial charge in [-0.2, -0.15) is 0 Å². The Bertz CT molecular complexity index is 114. The van der Waals surface area contributed by atoms with Crippen molar-refractivity contribution < 1.29 is 23.8 Å². The van der Waals surface area contributed by atoms with Crippen molar-refractivity contribution in [1.82, 2.24) is 0 Å². The normalized spacial score (nSPS) is 6.91. The van der Waals surface area contributed by atoms with Crippen molar-refractivity contribution in [3.63, 3.8) is 0 Å². The molecule has 0 saturated heterocycles. The van der Waals surface area contributed by atoms with E-state index in [1.165, 1.54) is 28.3 Å². The Hall–Kier alpha value is -1.26. The summed E-state index contributed by atoms with van der Waals surface area (Å²) in [5.41, 5.74) is 0. The molecular weight excluding hydrogens is 152 g/mol. The molecule has 0 aliphatic carbocycles. The van der Waals surface area contributed by atoms with E-state index in [1.807, 2.05) is 0 Å². The second-order valence-corrected chi connectivity index (χ2v) is 1.35. The van der Waals surface area contributed by atoms with Crippen LogP contribution in [0, 0.1) is 0 Å². The Labute approximate surface area is 65.2 Å². The van der Waals surface area contributed by atoms with E-state index >= 15 is 0 Å². The van der Waals surface area contributed by atoms with Gasteiger partial charge in [0.15, 0.2) is 0 Å². The Morgan fingerprint density at radius 2 is 1.18 bits per heavy atom. The standard InChI is InChI=1S/C3H6O3.C3H6O2/c1-5-3(4)6-2;1-3(4)5-2/h1-2H3;1-2H3. The minimum absolute atomic E-state index is 0.245. The van der Waals surface area contributed by atoms with Crippen molar-refractivity contribution in [2.75, 3.05) is 21.3 Å². The van der Waals surface area contributed by atoms with E-state index in [0.29, 0.717) is 0 Å². The third kappa shape index (κ3) is 17.7. The molecule has 0 fully saturated rings. The molecule has 0 unspecified atom stereocenters. The van der Waals surface area contributed by atoms with Crippen LogP contribution in [0.2, 0.25) is 0 Å². The first-order valence-electron chi connectivity index (χ1n) is 2.75. The van der Waals surface area contributed by atoms with Gasteiger partial charge in [0.05, 0.1) is 21.3 Å². The fourth-order valence-electron chi connectivity index (χ4n) is 0.0833. The molecule has 0 amide bonds. The Kier molecular flexibility index (Phi) is 9.87. The molecule has 0 N–H and O–H groups in total. The molecule has 5 nitrogen and oxygen atoms in total. The van der Waals surface area contributed by atoms with E-state index < -0.39 is 6.16 Å². The lowest BCUT2D eigenvalue weighted by Gasteiger charge is -1.89. The molecular formula is C6H12O5. The minimum Gasteiger partial charge on any atom is -0.469 e. The van der Waals surface area contributed by atoms with Crippen molar-refractivity contribution in [3.05, 3.63) is 0 Å². The van der Waals surface area contributed by atoms with Crippen LogP contribution in [0.15, 0.2) is 0 Å². The molecule has 0 radical (unpaired) electrons. The highest BCUT2D eigenvalue weighted by atomic mass is 16.7. The van der Waals surface area contributed by atoms with Gasteiger partial charge >= 0.3 is 12.1 Å². The summed E-state index contributed by atoms with van der Waals surface area (Å²) in [5, 5.41) is 0. The first-order valence-corrected chi connectivity index (χ1v) is 2.75. The van der Waals surface area contributed by atoms with Crippen molar-refractivity contribution in [1.29, 1.82) is 0 Å². The highest BCUT2D eigenvalue weighted by Gasteiger charge is 1.88. The molecule has 66 valence electrons. The number of hydrogen-bond donors (Lipinski definition) is 0. The molecule has 0 saturated carbocycles. The predicted octanol–water partition coefficient (Wildman–Crippen LogP) is 0.579. The molecule has 0 aliphatic rings. The number of hydrogen-bond acceptors (Lipinski definition) is 5. The lowest BCUT2D eigenvalue weighted by molar-refractivity contribution is -0.137. The quantitative estimate of drug-likeness (QED) is 0.490. The molecule has 0 bridgehead atoms. The fraction of sp³-hybridized carbons (Fsp3) is 0.667. The van der Waals surface area contributed by atoms with E-state index in [-0.39, 0.29) is 5.97 Å². The Morgan fingerprint density at radius 1 is 0.909 bits per heavy atom. The smallest absolute Gasteiger partial charge is 0.469 e. The third-order valence-electron chi connectivity index (χ3n) is 0.621. The maximum atomic E-state index is 9.74. The van der Waals surface area contributed by atoms with Gasteiger partial charge < -0.3 is 14.2 Å². The summed E-state index contributed by atoms with van der Waals surface area (Å²) < 4.78 is 12.2. The summed E-state index contributed by atoms with van der Waals surface area (Å²) in [6, 6.07) is 0. The van der Waals surface area contributed by atoms with Gasteiger partial charge in [-0.05, 0) is 0 Å². The van der Waals surface area contributed by atoms with E-state index in [0.717, 1.165) is 0 Å². The van der Waals surface area contributed by atoms with Crippen molar-refractivity contribution in [2.24, 2.45) is 0 Å². The molecule has 0 aliphatic heterocycles. The maximum absolute atomic E-state index is 9.74. The van der Waals surface area contributed by atoms with Gasteiger partial charge in [-0.25, -0.2) is 4.79 Å². The molecule has 0 aromatic carbocycles. The Balaban J connectivity index is 0. The zero-order valence-electron chi connectivity index (χ0n) is 7.04. The van der Waals surface area contributed by atoms with E-state index in [2.05, 4.69) is 14.2 Å². The van der Waals surface area contributed by atoms with E-state index in [1.54, 1.807) is 0 Å². The summed E-state index contributed by atoms with van der Waals surface area (Å²) in [6.07, 6.45) is -0.657. The maximum Gasteiger partial charge on any atom is 0.507 e. The van der Waals surface area contributed by atoms with Gasteiger partial charge in [-0.1, -0.05) is 0 Å². The highest BCUT2D eigenvalue weighted by molar-refractivity contribution is 5.65. The first kappa shape index (κ1) is 12.4. The van der Waals surface area contributed by atoms with Crippen LogP contribution in [-0.4, -0.2) is 33.5 Å². The molecule has 11 heavy (non-hydrogen) atoms. The van der Waals surface area contributed by atoms with Crippen LogP contribution >= 0.6 is 0 Å². The van der Waals surface area contributed by atoms with Gasteiger partial charge in [-0.15, -0.1) is 0 Å². The zero-order chi connectivity index (χ0) is 9.28. The molecule has 0 spiro atoms. The van der Waals surface area contributed by atoms with E-state index in [4.69, 9.17) is 0 Å². The first-order chi connectivity index (χ1) is 5.08. The lowest BCUT2D eigenvalue weighted by Crippen LogP contribution is -1.97. The van der Waals surface area contributed by atoms with Gasteiger partial charge in [0.2, 0.25) is 0 Å². The number of carbonyl (C=O) groups excluding carboxylic acids is 2. The highest BCUT2D eigenvalue weighted by Crippen LogP contribution is 1.72. The van der Waals surface area contributed by atoms with Crippen molar-refractivity contribution in [3.8, 4) is 0 Å². The number of rotatable bonds is 0. The topological polar surface area (TPSA) is 61.8 Å². The molecule has 0 rings (SSSR count). The lowest BCUT2D eigenvalue weighted by atomic mass is 10.8.